The molecule has 1 amide bonds. The lowest BCUT2D eigenvalue weighted by Gasteiger charge is -2.42. The predicted octanol–water partition coefficient (Wildman–Crippen LogP) is 2.76. The predicted molar refractivity (Wildman–Crippen MR) is 132 cm³/mol. The van der Waals surface area contributed by atoms with Crippen LogP contribution in [0.25, 0.3) is 11.4 Å². The molecule has 3 aromatic heterocycles. The lowest BCUT2D eigenvalue weighted by atomic mass is 9.81. The van der Waals surface area contributed by atoms with Gasteiger partial charge in [0.15, 0.2) is 11.1 Å². The summed E-state index contributed by atoms with van der Waals surface area (Å²) in [5, 5.41) is 16.3. The number of carboxylic acids is 1. The molecule has 39 heavy (non-hydrogen) atoms. The van der Waals surface area contributed by atoms with Crippen molar-refractivity contribution in [3.05, 3.63) is 58.6 Å². The average Bonchev–Trinajstić information content (AvgIpc) is 3.51. The molecule has 1 saturated heterocycles. The molecule has 0 bridgehead atoms. The number of rotatable bonds is 6. The number of carboxylic acid groups (broad SMARTS) is 1. The summed E-state index contributed by atoms with van der Waals surface area (Å²) in [4.78, 5) is 32.3. The Balaban J connectivity index is 1.28. The van der Waals surface area contributed by atoms with Crippen molar-refractivity contribution in [3.63, 3.8) is 0 Å². The maximum atomic E-state index is 12.4. The van der Waals surface area contributed by atoms with Crippen molar-refractivity contribution in [2.75, 3.05) is 24.7 Å². The molecule has 1 fully saturated rings. The molecule has 1 unspecified atom stereocenters. The number of nitrogens with one attached hydrogen (secondary N) is 1. The number of aliphatic carboxylic acids is 1. The van der Waals surface area contributed by atoms with Crippen LogP contribution in [0.2, 0.25) is 5.02 Å². The van der Waals surface area contributed by atoms with Crippen LogP contribution >= 0.6 is 11.6 Å². The fourth-order valence-electron chi connectivity index (χ4n) is 3.75. The molecule has 16 heteroatoms. The molecular weight excluding hydrogens is 558 g/mol. The molecule has 1 aliphatic heterocycles. The smallest absolute Gasteiger partial charge is 0.412 e. The summed E-state index contributed by atoms with van der Waals surface area (Å²) in [5.74, 6) is 3.55. The van der Waals surface area contributed by atoms with Gasteiger partial charge >= 0.3 is 12.1 Å². The van der Waals surface area contributed by atoms with Gasteiger partial charge < -0.3 is 23.2 Å². The number of hydrogen-bond donors (Lipinski definition) is 2. The molecule has 1 aliphatic rings. The Labute approximate surface area is 224 Å². The van der Waals surface area contributed by atoms with Crippen molar-refractivity contribution in [3.8, 4) is 11.8 Å². The first-order valence-electron chi connectivity index (χ1n) is 11.1. The van der Waals surface area contributed by atoms with Gasteiger partial charge in [0.1, 0.15) is 18.1 Å². The largest absolute Gasteiger partial charge is 0.480 e. The summed E-state index contributed by atoms with van der Waals surface area (Å²) in [6.07, 6.45) is 0.705. The third kappa shape index (κ3) is 5.04. The molecular formula is C23H18ClN5O9S. The van der Waals surface area contributed by atoms with Crippen molar-refractivity contribution >= 4 is 50.8 Å². The summed E-state index contributed by atoms with van der Waals surface area (Å²) in [5.41, 5.74) is -1.10. The van der Waals surface area contributed by atoms with Crippen LogP contribution in [0.1, 0.15) is 36.1 Å². The number of nitrogens with zero attached hydrogens (tertiary/aromatic N) is 4. The molecule has 5 rings (SSSR count). The molecule has 0 aliphatic carbocycles. The highest BCUT2D eigenvalue weighted by Gasteiger charge is 2.58. The maximum absolute atomic E-state index is 12.4. The van der Waals surface area contributed by atoms with Crippen LogP contribution in [0, 0.1) is 11.8 Å². The van der Waals surface area contributed by atoms with Gasteiger partial charge in [-0.05, 0) is 18.9 Å². The van der Waals surface area contributed by atoms with E-state index in [1.54, 1.807) is 31.2 Å². The van der Waals surface area contributed by atoms with Gasteiger partial charge in [-0.2, -0.15) is 14.3 Å². The van der Waals surface area contributed by atoms with Gasteiger partial charge in [0.25, 0.3) is 17.3 Å². The summed E-state index contributed by atoms with van der Waals surface area (Å²) in [6, 6.07) is 6.95. The van der Waals surface area contributed by atoms with E-state index in [-0.39, 0.29) is 47.7 Å². The summed E-state index contributed by atoms with van der Waals surface area (Å²) in [7, 11) is -3.57. The highest BCUT2D eigenvalue weighted by Crippen LogP contribution is 2.37. The van der Waals surface area contributed by atoms with Gasteiger partial charge in [-0.1, -0.05) is 35.0 Å². The Hall–Kier alpha value is -4.39. The Morgan fingerprint density at radius 2 is 1.92 bits per heavy atom. The number of aromatic nitrogens is 3. The fourth-order valence-corrected chi connectivity index (χ4v) is 4.95. The van der Waals surface area contributed by atoms with Crippen molar-refractivity contribution in [1.29, 1.82) is 0 Å². The zero-order valence-corrected chi connectivity index (χ0v) is 21.7. The summed E-state index contributed by atoms with van der Waals surface area (Å²) >= 11 is 6.14. The van der Waals surface area contributed by atoms with Crippen LogP contribution in [-0.2, 0) is 25.0 Å². The fraction of sp³-hybridized carbons (Fsp3) is 0.261. The number of anilines is 1. The van der Waals surface area contributed by atoms with E-state index in [9.17, 15) is 23.1 Å². The molecule has 2 N–H and O–H groups in total. The van der Waals surface area contributed by atoms with Crippen LogP contribution in [0.15, 0.2) is 43.9 Å². The standard InChI is InChI=1S/C23H18ClN5O9S/c1-12(13-5-3-4-6-14(13)24)36-22(32)25-16-9-35-28-15(16)7-8-17-26-18-19(37-17)27-20(38-18)23(21(30)31)10-29(11-23)39(2,33)34/h3-6,9,12H,10-11H2,1-2H3,(H,25,32)(H,30,31). The summed E-state index contributed by atoms with van der Waals surface area (Å²) in [6.45, 7) is 0.995. The summed E-state index contributed by atoms with van der Waals surface area (Å²) < 4.78 is 45.5. The molecule has 4 aromatic rings. The van der Waals surface area contributed by atoms with Crippen molar-refractivity contribution in [1.82, 2.24) is 19.4 Å². The van der Waals surface area contributed by atoms with E-state index in [1.165, 1.54) is 0 Å². The van der Waals surface area contributed by atoms with Gasteiger partial charge in [0.2, 0.25) is 15.9 Å². The number of carbonyl (C=O) groups is 2. The molecule has 4 heterocycles. The van der Waals surface area contributed by atoms with E-state index in [2.05, 4.69) is 32.3 Å². The van der Waals surface area contributed by atoms with Gasteiger partial charge in [-0.25, -0.2) is 13.2 Å². The Bertz CT molecular complexity index is 1730. The first kappa shape index (κ1) is 26.2. The van der Waals surface area contributed by atoms with E-state index in [0.29, 0.717) is 10.6 Å². The third-order valence-corrected chi connectivity index (χ3v) is 7.42. The van der Waals surface area contributed by atoms with Gasteiger partial charge in [0.05, 0.1) is 6.26 Å². The van der Waals surface area contributed by atoms with Crippen LogP contribution in [0.4, 0.5) is 10.5 Å². The minimum absolute atomic E-state index is 0.0426. The quantitative estimate of drug-likeness (QED) is 0.320. The van der Waals surface area contributed by atoms with Crippen LogP contribution < -0.4 is 5.32 Å². The molecule has 202 valence electrons. The third-order valence-electron chi connectivity index (χ3n) is 5.88. The van der Waals surface area contributed by atoms with Crippen LogP contribution in [-0.4, -0.2) is 64.4 Å². The van der Waals surface area contributed by atoms with Crippen molar-refractivity contribution < 1.29 is 41.2 Å². The Morgan fingerprint density at radius 1 is 1.21 bits per heavy atom. The van der Waals surface area contributed by atoms with Crippen molar-refractivity contribution in [2.45, 2.75) is 18.4 Å². The molecule has 1 aromatic carbocycles. The van der Waals surface area contributed by atoms with Crippen LogP contribution in [0.3, 0.4) is 0 Å². The second-order valence-corrected chi connectivity index (χ2v) is 11.0. The second kappa shape index (κ2) is 9.73. The lowest BCUT2D eigenvalue weighted by Crippen LogP contribution is -2.64. The van der Waals surface area contributed by atoms with Gasteiger partial charge in [-0.15, -0.1) is 0 Å². The van der Waals surface area contributed by atoms with E-state index in [4.69, 9.17) is 29.7 Å². The molecule has 14 nitrogen and oxygen atoms in total. The normalized spacial score (nSPS) is 15.7. The highest BCUT2D eigenvalue weighted by molar-refractivity contribution is 7.88. The highest BCUT2D eigenvalue weighted by atomic mass is 35.5. The number of sulfonamides is 1. The number of hydrogen-bond acceptors (Lipinski definition) is 11. The zero-order chi connectivity index (χ0) is 27.9. The SMILES string of the molecule is CC(OC(=O)Nc1conc1C#Cc1nc2oc(C3(C(=O)O)CN(S(C)(=O)=O)C3)nc2o1)c1ccccc1Cl. The number of carbonyl (C=O) groups excluding carboxylic acids is 1. The zero-order valence-electron chi connectivity index (χ0n) is 20.2. The number of benzene rings is 1. The monoisotopic (exact) mass is 575 g/mol. The number of oxazole rings is 2. The van der Waals surface area contributed by atoms with Crippen LogP contribution in [0.5, 0.6) is 0 Å². The van der Waals surface area contributed by atoms with Gasteiger partial charge in [0, 0.05) is 29.6 Å². The number of halogens is 1. The lowest BCUT2D eigenvalue weighted by molar-refractivity contribution is -0.149. The van der Waals surface area contributed by atoms with E-state index < -0.39 is 33.6 Å². The Kier molecular flexibility index (Phi) is 6.54. The van der Waals surface area contributed by atoms with E-state index >= 15 is 0 Å². The van der Waals surface area contributed by atoms with Gasteiger partial charge in [-0.3, -0.25) is 10.1 Å². The molecule has 0 spiro atoms. The average molecular weight is 576 g/mol. The van der Waals surface area contributed by atoms with E-state index in [1.807, 2.05) is 0 Å². The second-order valence-electron chi connectivity index (χ2n) is 8.59. The minimum Gasteiger partial charge on any atom is -0.480 e. The molecule has 1 atom stereocenters. The van der Waals surface area contributed by atoms with E-state index in [0.717, 1.165) is 16.8 Å². The number of amides is 1. The minimum atomic E-state index is -3.57. The number of fused-ring (bicyclic) bond motifs is 1. The molecule has 0 radical (unpaired) electrons. The Morgan fingerprint density at radius 3 is 2.59 bits per heavy atom. The maximum Gasteiger partial charge on any atom is 0.412 e. The number of ether oxygens (including phenoxy) is 1. The first-order valence-corrected chi connectivity index (χ1v) is 13.3. The van der Waals surface area contributed by atoms with Crippen molar-refractivity contribution in [2.24, 2.45) is 0 Å². The first-order chi connectivity index (χ1) is 18.5. The topological polar surface area (TPSA) is 191 Å². The molecule has 0 saturated carbocycles.